The second-order valence-electron chi connectivity index (χ2n) is 4.35. The van der Waals surface area contributed by atoms with E-state index in [1.54, 1.807) is 0 Å². The summed E-state index contributed by atoms with van der Waals surface area (Å²) in [4.78, 5) is 0.361. The minimum Gasteiger partial charge on any atom is -0.0842 e. The van der Waals surface area contributed by atoms with Gasteiger partial charge in [-0.3, -0.25) is 0 Å². The number of alkyl halides is 1. The van der Waals surface area contributed by atoms with Crippen molar-refractivity contribution in [1.29, 1.82) is 0 Å². The fraction of sp³-hybridized carbons (Fsp3) is 0.200. The van der Waals surface area contributed by atoms with Crippen molar-refractivity contribution in [1.82, 2.24) is 0 Å². The van der Waals surface area contributed by atoms with Gasteiger partial charge in [-0.25, -0.2) is 0 Å². The quantitative estimate of drug-likeness (QED) is 0.270. The SMILES string of the molecule is CC(Br)c1ccc(I)c(Br)c1Cc1ccc(I)cc1. The maximum absolute atomic E-state index is 3.74. The van der Waals surface area contributed by atoms with E-state index in [4.69, 9.17) is 0 Å². The molecule has 0 nitrogen and oxygen atoms in total. The molecule has 0 heterocycles. The highest BCUT2D eigenvalue weighted by Gasteiger charge is 2.14. The van der Waals surface area contributed by atoms with Crippen molar-refractivity contribution < 1.29 is 0 Å². The molecule has 0 saturated carbocycles. The summed E-state index contributed by atoms with van der Waals surface area (Å²) < 4.78 is 3.75. The lowest BCUT2D eigenvalue weighted by Crippen LogP contribution is -1.99. The first-order valence-corrected chi connectivity index (χ1v) is 9.71. The Kier molecular flexibility index (Phi) is 6.17. The van der Waals surface area contributed by atoms with Crippen molar-refractivity contribution in [2.75, 3.05) is 0 Å². The van der Waals surface area contributed by atoms with Gasteiger partial charge < -0.3 is 0 Å². The zero-order valence-electron chi connectivity index (χ0n) is 10.3. The molecule has 0 amide bonds. The third kappa shape index (κ3) is 4.17. The summed E-state index contributed by atoms with van der Waals surface area (Å²) in [6, 6.07) is 13.1. The fourth-order valence-electron chi connectivity index (χ4n) is 1.97. The monoisotopic (exact) mass is 604 g/mol. The minimum atomic E-state index is 0.361. The Morgan fingerprint density at radius 2 is 1.68 bits per heavy atom. The Bertz CT molecular complexity index is 577. The smallest absolute Gasteiger partial charge is 0.0370 e. The molecular weight excluding hydrogens is 594 g/mol. The maximum atomic E-state index is 3.74. The molecule has 2 rings (SSSR count). The maximum Gasteiger partial charge on any atom is 0.0370 e. The van der Waals surface area contributed by atoms with Crippen LogP contribution < -0.4 is 0 Å². The largest absolute Gasteiger partial charge is 0.0842 e. The third-order valence-electron chi connectivity index (χ3n) is 2.96. The van der Waals surface area contributed by atoms with Crippen LogP contribution in [0.15, 0.2) is 40.9 Å². The zero-order chi connectivity index (χ0) is 14.0. The molecule has 0 fully saturated rings. The molecule has 0 aliphatic heterocycles. The lowest BCUT2D eigenvalue weighted by molar-refractivity contribution is 1.04. The Labute approximate surface area is 158 Å². The summed E-state index contributed by atoms with van der Waals surface area (Å²) in [6.45, 7) is 2.17. The molecule has 100 valence electrons. The van der Waals surface area contributed by atoms with E-state index < -0.39 is 0 Å². The lowest BCUT2D eigenvalue weighted by Gasteiger charge is -2.15. The van der Waals surface area contributed by atoms with E-state index in [0.29, 0.717) is 4.83 Å². The molecule has 0 aromatic heterocycles. The van der Waals surface area contributed by atoms with Crippen LogP contribution in [0.25, 0.3) is 0 Å². The molecule has 1 atom stereocenters. The van der Waals surface area contributed by atoms with Crippen molar-refractivity contribution >= 4 is 77.0 Å². The van der Waals surface area contributed by atoms with Crippen LogP contribution in [-0.4, -0.2) is 0 Å². The summed E-state index contributed by atoms with van der Waals surface area (Å²) in [7, 11) is 0. The molecule has 2 aromatic carbocycles. The first-order chi connectivity index (χ1) is 8.99. The molecular formula is C15H12Br2I2. The highest BCUT2D eigenvalue weighted by molar-refractivity contribution is 14.1. The number of hydrogen-bond acceptors (Lipinski definition) is 0. The number of rotatable bonds is 3. The van der Waals surface area contributed by atoms with E-state index in [-0.39, 0.29) is 0 Å². The first kappa shape index (κ1) is 16.2. The number of hydrogen-bond donors (Lipinski definition) is 0. The van der Waals surface area contributed by atoms with Crippen LogP contribution in [0, 0.1) is 7.14 Å². The van der Waals surface area contributed by atoms with E-state index in [1.165, 1.54) is 28.3 Å². The molecule has 0 saturated heterocycles. The molecule has 0 N–H and O–H groups in total. The zero-order valence-corrected chi connectivity index (χ0v) is 17.7. The van der Waals surface area contributed by atoms with Crippen LogP contribution in [0.4, 0.5) is 0 Å². The van der Waals surface area contributed by atoms with Gasteiger partial charge >= 0.3 is 0 Å². The Hall–Kier alpha value is 0.860. The van der Waals surface area contributed by atoms with Crippen molar-refractivity contribution in [2.45, 2.75) is 18.2 Å². The van der Waals surface area contributed by atoms with Crippen LogP contribution in [-0.2, 0) is 6.42 Å². The van der Waals surface area contributed by atoms with Crippen molar-refractivity contribution in [2.24, 2.45) is 0 Å². The van der Waals surface area contributed by atoms with E-state index >= 15 is 0 Å². The van der Waals surface area contributed by atoms with Crippen LogP contribution in [0.1, 0.15) is 28.4 Å². The van der Waals surface area contributed by atoms with Gasteiger partial charge in [0.25, 0.3) is 0 Å². The molecule has 2 aromatic rings. The predicted molar refractivity (Wildman–Crippen MR) is 106 cm³/mol. The van der Waals surface area contributed by atoms with Gasteiger partial charge in [0, 0.05) is 16.4 Å². The highest BCUT2D eigenvalue weighted by atomic mass is 127. The van der Waals surface area contributed by atoms with Crippen LogP contribution in [0.3, 0.4) is 0 Å². The summed E-state index contributed by atoms with van der Waals surface area (Å²) >= 11 is 12.1. The van der Waals surface area contributed by atoms with Gasteiger partial charge in [-0.05, 0) is 109 Å². The summed E-state index contributed by atoms with van der Waals surface area (Å²) in [5, 5.41) is 0. The molecule has 0 aliphatic carbocycles. The molecule has 4 heteroatoms. The molecule has 0 aliphatic rings. The second-order valence-corrected chi connectivity index (χ2v) is 8.92. The van der Waals surface area contributed by atoms with E-state index in [1.807, 2.05) is 0 Å². The van der Waals surface area contributed by atoms with Crippen molar-refractivity contribution in [3.8, 4) is 0 Å². The van der Waals surface area contributed by atoms with Crippen LogP contribution >= 0.6 is 77.0 Å². The van der Waals surface area contributed by atoms with Gasteiger partial charge in [0.2, 0.25) is 0 Å². The summed E-state index contributed by atoms with van der Waals surface area (Å²) in [6.07, 6.45) is 0.958. The fourth-order valence-corrected chi connectivity index (χ4v) is 3.76. The lowest BCUT2D eigenvalue weighted by atomic mass is 9.98. The molecule has 0 bridgehead atoms. The van der Waals surface area contributed by atoms with Gasteiger partial charge in [0.05, 0.1) is 0 Å². The number of benzene rings is 2. The Morgan fingerprint density at radius 1 is 1.05 bits per heavy atom. The summed E-state index contributed by atoms with van der Waals surface area (Å²) in [5.41, 5.74) is 4.07. The minimum absolute atomic E-state index is 0.361. The standard InChI is InChI=1S/C15H12Br2I2/c1-9(16)12-6-7-14(19)15(17)13(12)8-10-2-4-11(18)5-3-10/h2-7,9H,8H2,1H3. The molecule has 19 heavy (non-hydrogen) atoms. The van der Waals surface area contributed by atoms with Crippen LogP contribution in [0.5, 0.6) is 0 Å². The van der Waals surface area contributed by atoms with E-state index in [0.717, 1.165) is 6.42 Å². The Morgan fingerprint density at radius 3 is 2.26 bits per heavy atom. The van der Waals surface area contributed by atoms with E-state index in [9.17, 15) is 0 Å². The second kappa shape index (κ2) is 7.22. The normalized spacial score (nSPS) is 12.5. The van der Waals surface area contributed by atoms with Gasteiger partial charge in [-0.15, -0.1) is 0 Å². The van der Waals surface area contributed by atoms with Crippen molar-refractivity contribution in [3.63, 3.8) is 0 Å². The Balaban J connectivity index is 2.43. The van der Waals surface area contributed by atoms with Crippen molar-refractivity contribution in [3.05, 3.63) is 64.7 Å². The van der Waals surface area contributed by atoms with Gasteiger partial charge in [0.1, 0.15) is 0 Å². The van der Waals surface area contributed by atoms with E-state index in [2.05, 4.69) is 120 Å². The van der Waals surface area contributed by atoms with Gasteiger partial charge in [0.15, 0.2) is 0 Å². The highest BCUT2D eigenvalue weighted by Crippen LogP contribution is 2.34. The molecule has 0 radical (unpaired) electrons. The predicted octanol–water partition coefficient (Wildman–Crippen LogP) is 6.71. The van der Waals surface area contributed by atoms with Gasteiger partial charge in [-0.1, -0.05) is 34.1 Å². The molecule has 0 spiro atoms. The number of halogens is 4. The van der Waals surface area contributed by atoms with Gasteiger partial charge in [-0.2, -0.15) is 0 Å². The topological polar surface area (TPSA) is 0 Å². The molecule has 1 unspecified atom stereocenters. The average Bonchev–Trinajstić information content (AvgIpc) is 2.37. The average molecular weight is 606 g/mol. The summed E-state index contributed by atoms with van der Waals surface area (Å²) in [5.74, 6) is 0. The van der Waals surface area contributed by atoms with Crippen LogP contribution in [0.2, 0.25) is 0 Å². The third-order valence-corrected chi connectivity index (χ3v) is 6.71. The first-order valence-electron chi connectivity index (χ1n) is 5.84.